The number of sulfone groups is 1. The van der Waals surface area contributed by atoms with Gasteiger partial charge in [0.25, 0.3) is 5.91 Å². The van der Waals surface area contributed by atoms with Gasteiger partial charge in [0.2, 0.25) is 0 Å². The van der Waals surface area contributed by atoms with Gasteiger partial charge in [0.05, 0.1) is 11.5 Å². The second kappa shape index (κ2) is 8.46. The highest BCUT2D eigenvalue weighted by molar-refractivity contribution is 7.97. The van der Waals surface area contributed by atoms with E-state index in [2.05, 4.69) is 72.8 Å². The third-order valence-electron chi connectivity index (χ3n) is 6.82. The third-order valence-corrected chi connectivity index (χ3v) is 13.3. The van der Waals surface area contributed by atoms with Crippen molar-refractivity contribution < 1.29 is 13.2 Å². The number of amides is 1. The monoisotopic (exact) mass is 464 g/mol. The number of nitrogens with zero attached hydrogens (tertiary/aromatic N) is 1. The summed E-state index contributed by atoms with van der Waals surface area (Å²) in [5, 5.41) is 3.57. The van der Waals surface area contributed by atoms with Gasteiger partial charge in [-0.2, -0.15) is 0 Å². The highest BCUT2D eigenvalue weighted by atomic mass is 32.2. The van der Waals surface area contributed by atoms with Crippen LogP contribution >= 0.6 is 7.26 Å². The van der Waals surface area contributed by atoms with Gasteiger partial charge in [0, 0.05) is 19.0 Å². The molecule has 0 spiro atoms. The quantitative estimate of drug-likeness (QED) is 0.546. The summed E-state index contributed by atoms with van der Waals surface area (Å²) >= 11 is 0. The van der Waals surface area contributed by atoms with Gasteiger partial charge in [0.1, 0.15) is 23.2 Å². The molecule has 2 heterocycles. The van der Waals surface area contributed by atoms with Crippen LogP contribution in [0.5, 0.6) is 0 Å². The Kier molecular flexibility index (Phi) is 5.65. The summed E-state index contributed by atoms with van der Waals surface area (Å²) in [6.07, 6.45) is 1.29. The van der Waals surface area contributed by atoms with Crippen molar-refractivity contribution in [2.75, 3.05) is 18.1 Å². The molecule has 2 atom stereocenters. The maximum atomic E-state index is 14.0. The van der Waals surface area contributed by atoms with Gasteiger partial charge in [-0.15, -0.1) is 0 Å². The fraction of sp³-hybridized carbons (Fsp3) is 0.269. The maximum Gasteiger partial charge on any atom is 0.264 e. The van der Waals surface area contributed by atoms with Crippen molar-refractivity contribution in [3.63, 3.8) is 0 Å². The van der Waals surface area contributed by atoms with Crippen LogP contribution in [0.1, 0.15) is 12.8 Å². The molecule has 2 saturated heterocycles. The summed E-state index contributed by atoms with van der Waals surface area (Å²) in [4.78, 5) is 15.9. The summed E-state index contributed by atoms with van der Waals surface area (Å²) in [5.41, 5.74) is -0.196. The molecule has 0 bridgehead atoms. The Labute approximate surface area is 190 Å². The molecule has 4 nitrogen and oxygen atoms in total. The van der Waals surface area contributed by atoms with Crippen LogP contribution in [0.25, 0.3) is 0 Å². The van der Waals surface area contributed by atoms with Gasteiger partial charge in [-0.3, -0.25) is 4.79 Å². The first kappa shape index (κ1) is 21.4. The first-order valence-electron chi connectivity index (χ1n) is 11.1. The first-order chi connectivity index (χ1) is 15.5. The van der Waals surface area contributed by atoms with Crippen molar-refractivity contribution in [1.29, 1.82) is 0 Å². The van der Waals surface area contributed by atoms with E-state index in [-0.39, 0.29) is 29.1 Å². The molecule has 0 N–H and O–H groups in total. The fourth-order valence-electron chi connectivity index (χ4n) is 5.41. The van der Waals surface area contributed by atoms with Gasteiger partial charge in [-0.1, -0.05) is 54.6 Å². The van der Waals surface area contributed by atoms with E-state index in [4.69, 9.17) is 0 Å². The zero-order chi connectivity index (χ0) is 22.2. The molecule has 3 aromatic rings. The highest BCUT2D eigenvalue weighted by Gasteiger charge is 2.59. The van der Waals surface area contributed by atoms with E-state index < -0.39 is 17.1 Å². The van der Waals surface area contributed by atoms with Crippen molar-refractivity contribution in [2.45, 2.75) is 24.5 Å². The standard InChI is InChI=1S/C26H27NO3PS/c28-26-25(16-18-27(26)21-17-19-32(29,30)20-21)31(22-10-4-1-5-11-22,23-12-6-2-7-13-23)24-14-8-3-9-15-24/h1-15,21,25H,16-20H2/q+1/t21-,25-/m1/s1. The number of rotatable bonds is 5. The molecule has 5 rings (SSSR count). The van der Waals surface area contributed by atoms with Crippen LogP contribution in [0.3, 0.4) is 0 Å². The van der Waals surface area contributed by atoms with E-state index in [1.807, 2.05) is 23.1 Å². The van der Waals surface area contributed by atoms with E-state index in [0.717, 1.165) is 6.42 Å². The van der Waals surface area contributed by atoms with Crippen LogP contribution < -0.4 is 15.9 Å². The zero-order valence-corrected chi connectivity index (χ0v) is 19.6. The number of benzene rings is 3. The molecule has 0 unspecified atom stereocenters. The maximum absolute atomic E-state index is 14.0. The zero-order valence-electron chi connectivity index (χ0n) is 17.9. The van der Waals surface area contributed by atoms with E-state index in [1.54, 1.807) is 0 Å². The average Bonchev–Trinajstić information content (AvgIpc) is 3.38. The Balaban J connectivity index is 1.68. The molecule has 2 aliphatic heterocycles. The summed E-state index contributed by atoms with van der Waals surface area (Å²) in [7, 11) is -5.36. The number of hydrogen-bond donors (Lipinski definition) is 0. The van der Waals surface area contributed by atoms with E-state index in [1.165, 1.54) is 15.9 Å². The van der Waals surface area contributed by atoms with Gasteiger partial charge >= 0.3 is 0 Å². The van der Waals surface area contributed by atoms with Gasteiger partial charge < -0.3 is 4.90 Å². The topological polar surface area (TPSA) is 54.5 Å². The first-order valence-corrected chi connectivity index (χ1v) is 14.8. The van der Waals surface area contributed by atoms with Crippen molar-refractivity contribution in [3.05, 3.63) is 91.0 Å². The molecule has 2 fully saturated rings. The second-order valence-electron chi connectivity index (χ2n) is 8.62. The molecule has 0 radical (unpaired) electrons. The summed E-state index contributed by atoms with van der Waals surface area (Å²) < 4.78 is 24.2. The molecule has 0 aromatic heterocycles. The second-order valence-corrected chi connectivity index (χ2v) is 14.5. The summed E-state index contributed by atoms with van der Waals surface area (Å²) in [5.74, 6) is 0.387. The van der Waals surface area contributed by atoms with E-state index >= 15 is 0 Å². The van der Waals surface area contributed by atoms with Crippen LogP contribution in [-0.4, -0.2) is 49.0 Å². The van der Waals surface area contributed by atoms with Crippen molar-refractivity contribution in [1.82, 2.24) is 4.90 Å². The Morgan fingerprint density at radius 2 is 1.19 bits per heavy atom. The minimum Gasteiger partial charge on any atom is -0.335 e. The van der Waals surface area contributed by atoms with Gasteiger partial charge in [-0.05, 0) is 42.8 Å². The van der Waals surface area contributed by atoms with Crippen LogP contribution in [-0.2, 0) is 14.6 Å². The fourth-order valence-corrected chi connectivity index (χ4v) is 12.0. The minimum absolute atomic E-state index is 0.0961. The average molecular weight is 465 g/mol. The molecule has 0 aliphatic carbocycles. The van der Waals surface area contributed by atoms with Gasteiger partial charge in [0.15, 0.2) is 15.5 Å². The Morgan fingerprint density at radius 3 is 1.59 bits per heavy atom. The molecule has 1 amide bonds. The van der Waals surface area contributed by atoms with Crippen LogP contribution in [0.4, 0.5) is 0 Å². The molecular formula is C26H27NO3PS+. The Morgan fingerprint density at radius 1 is 0.719 bits per heavy atom. The largest absolute Gasteiger partial charge is 0.335 e. The Hall–Kier alpha value is -2.49. The SMILES string of the molecule is O=C1[C@H]([P+](c2ccccc2)(c2ccccc2)c2ccccc2)CCN1[C@@H]1CCS(=O)(=O)C1. The lowest BCUT2D eigenvalue weighted by Crippen LogP contribution is -2.45. The highest BCUT2D eigenvalue weighted by Crippen LogP contribution is 2.62. The molecule has 0 saturated carbocycles. The van der Waals surface area contributed by atoms with Crippen LogP contribution in [0, 0.1) is 0 Å². The van der Waals surface area contributed by atoms with Gasteiger partial charge in [-0.25, -0.2) is 8.42 Å². The number of hydrogen-bond acceptors (Lipinski definition) is 3. The number of carbonyl (C=O) groups is 1. The lowest BCUT2D eigenvalue weighted by atomic mass is 10.2. The predicted molar refractivity (Wildman–Crippen MR) is 132 cm³/mol. The lowest BCUT2D eigenvalue weighted by molar-refractivity contribution is -0.128. The number of likely N-dealkylation sites (tertiary alicyclic amines) is 1. The lowest BCUT2D eigenvalue weighted by Gasteiger charge is -2.32. The van der Waals surface area contributed by atoms with E-state index in [9.17, 15) is 13.2 Å². The molecule has 2 aliphatic rings. The minimum atomic E-state index is -3.05. The summed E-state index contributed by atoms with van der Waals surface area (Å²) in [6, 6.07) is 31.1. The van der Waals surface area contributed by atoms with Crippen molar-refractivity contribution in [3.8, 4) is 0 Å². The van der Waals surface area contributed by atoms with E-state index in [0.29, 0.717) is 13.0 Å². The predicted octanol–water partition coefficient (Wildman–Crippen LogP) is 2.77. The number of carbonyl (C=O) groups excluding carboxylic acids is 1. The third kappa shape index (κ3) is 3.58. The summed E-state index contributed by atoms with van der Waals surface area (Å²) in [6.45, 7) is 0.623. The molecule has 32 heavy (non-hydrogen) atoms. The normalized spacial score (nSPS) is 22.9. The molecule has 164 valence electrons. The molecular weight excluding hydrogens is 437 g/mol. The van der Waals surface area contributed by atoms with Crippen LogP contribution in [0.15, 0.2) is 91.0 Å². The van der Waals surface area contributed by atoms with Crippen LogP contribution in [0.2, 0.25) is 0 Å². The van der Waals surface area contributed by atoms with Crippen molar-refractivity contribution >= 4 is 38.9 Å². The molecule has 6 heteroatoms. The molecule has 3 aromatic carbocycles. The van der Waals surface area contributed by atoms with Crippen molar-refractivity contribution in [2.24, 2.45) is 0 Å². The smallest absolute Gasteiger partial charge is 0.264 e. The Bertz CT molecular complexity index is 1100.